The molecule has 0 radical (unpaired) electrons. The average Bonchev–Trinajstić information content (AvgIpc) is 3.12. The van der Waals surface area contributed by atoms with Crippen LogP contribution in [0.2, 0.25) is 5.04 Å². The molecular formula is C32H42O6Si. The largest absolute Gasteiger partial charge is 0.493 e. The first-order valence-corrected chi connectivity index (χ1v) is 15.4. The molecule has 0 amide bonds. The molecular weight excluding hydrogens is 508 g/mol. The lowest BCUT2D eigenvalue weighted by atomic mass is 9.98. The van der Waals surface area contributed by atoms with Crippen LogP contribution in [0.15, 0.2) is 66.7 Å². The summed E-state index contributed by atoms with van der Waals surface area (Å²) >= 11 is 0. The van der Waals surface area contributed by atoms with E-state index in [4.69, 9.17) is 28.1 Å². The lowest BCUT2D eigenvalue weighted by Gasteiger charge is -2.45. The molecule has 4 rings (SSSR count). The minimum atomic E-state index is -2.75. The number of hydrogen-bond acceptors (Lipinski definition) is 6. The first-order chi connectivity index (χ1) is 18.8. The van der Waals surface area contributed by atoms with Crippen molar-refractivity contribution in [2.45, 2.75) is 57.3 Å². The Hall–Kier alpha value is -2.84. The number of ether oxygens (including phenoxy) is 5. The summed E-state index contributed by atoms with van der Waals surface area (Å²) < 4.78 is 36.5. The van der Waals surface area contributed by atoms with Gasteiger partial charge in [-0.3, -0.25) is 0 Å². The number of benzene rings is 3. The van der Waals surface area contributed by atoms with Gasteiger partial charge in [0.25, 0.3) is 8.32 Å². The summed E-state index contributed by atoms with van der Waals surface area (Å²) in [7, 11) is 3.84. The summed E-state index contributed by atoms with van der Waals surface area (Å²) in [4.78, 5) is 0. The van der Waals surface area contributed by atoms with Gasteiger partial charge in [-0.15, -0.1) is 0 Å². The zero-order valence-corrected chi connectivity index (χ0v) is 25.3. The number of fused-ring (bicyclic) bond motifs is 1. The third-order valence-electron chi connectivity index (χ3n) is 7.65. The summed E-state index contributed by atoms with van der Waals surface area (Å²) in [5.74, 6) is 1.89. The van der Waals surface area contributed by atoms with Crippen LogP contribution in [0.5, 0.6) is 17.2 Å². The van der Waals surface area contributed by atoms with Gasteiger partial charge in [0.1, 0.15) is 6.79 Å². The van der Waals surface area contributed by atoms with Crippen LogP contribution in [0.4, 0.5) is 0 Å². The van der Waals surface area contributed by atoms with Crippen molar-refractivity contribution in [3.8, 4) is 17.2 Å². The predicted octanol–water partition coefficient (Wildman–Crippen LogP) is 5.66. The number of methoxy groups -OCH3 is 4. The minimum absolute atomic E-state index is 0.0627. The van der Waals surface area contributed by atoms with Gasteiger partial charge in [0.2, 0.25) is 5.75 Å². The second-order valence-corrected chi connectivity index (χ2v) is 15.2. The second kappa shape index (κ2) is 12.6. The third-order valence-corrected chi connectivity index (χ3v) is 12.7. The molecule has 0 bridgehead atoms. The normalized spacial score (nSPS) is 17.7. The van der Waals surface area contributed by atoms with Crippen LogP contribution in [-0.4, -0.2) is 49.7 Å². The van der Waals surface area contributed by atoms with E-state index >= 15 is 0 Å². The van der Waals surface area contributed by atoms with E-state index in [0.29, 0.717) is 23.7 Å². The van der Waals surface area contributed by atoms with E-state index in [-0.39, 0.29) is 24.0 Å². The van der Waals surface area contributed by atoms with E-state index in [1.54, 1.807) is 28.4 Å². The van der Waals surface area contributed by atoms with Gasteiger partial charge in [-0.2, -0.15) is 0 Å². The van der Waals surface area contributed by atoms with E-state index in [9.17, 15) is 0 Å². The monoisotopic (exact) mass is 550 g/mol. The topological polar surface area (TPSA) is 55.4 Å². The maximum absolute atomic E-state index is 7.54. The van der Waals surface area contributed by atoms with Crippen LogP contribution in [0, 0.1) is 0 Å². The Morgan fingerprint density at radius 1 is 0.795 bits per heavy atom. The van der Waals surface area contributed by atoms with Crippen LogP contribution in [-0.2, 0) is 20.3 Å². The summed E-state index contributed by atoms with van der Waals surface area (Å²) in [6.07, 6.45) is 1.93. The van der Waals surface area contributed by atoms with E-state index in [1.165, 1.54) is 10.4 Å². The van der Waals surface area contributed by atoms with Gasteiger partial charge in [-0.25, -0.2) is 0 Å². The van der Waals surface area contributed by atoms with Gasteiger partial charge in [0.05, 0.1) is 27.4 Å². The Balaban J connectivity index is 1.83. The molecule has 7 heteroatoms. The fourth-order valence-electron chi connectivity index (χ4n) is 5.93. The van der Waals surface area contributed by atoms with Gasteiger partial charge in [-0.05, 0) is 39.9 Å². The molecule has 0 saturated carbocycles. The zero-order chi connectivity index (χ0) is 28.0. The molecule has 1 unspecified atom stereocenters. The molecule has 39 heavy (non-hydrogen) atoms. The Bertz CT molecular complexity index is 1170. The standard InChI is InChI=1S/C32H42O6Si/c1-32(2,3)39(24-14-10-8-11-15-24,25-16-12-9-13-17-25)38-23-18-19-26-27(28(20-23)37-22-33-4)21-29(34-5)31(36-7)30(26)35-6/h8-17,21,23,28H,18-20,22H2,1-7H3/t23-,28?/m1/s1. The van der Waals surface area contributed by atoms with E-state index in [2.05, 4.69) is 81.4 Å². The molecule has 0 spiro atoms. The van der Waals surface area contributed by atoms with E-state index in [1.807, 2.05) is 6.07 Å². The van der Waals surface area contributed by atoms with Crippen LogP contribution < -0.4 is 24.6 Å². The van der Waals surface area contributed by atoms with Gasteiger partial charge in [0.15, 0.2) is 11.5 Å². The van der Waals surface area contributed by atoms with Crippen molar-refractivity contribution in [2.24, 2.45) is 0 Å². The summed E-state index contributed by atoms with van der Waals surface area (Å²) in [5.41, 5.74) is 2.08. The lowest BCUT2D eigenvalue weighted by Crippen LogP contribution is -2.67. The molecule has 0 N–H and O–H groups in total. The number of hydrogen-bond donors (Lipinski definition) is 0. The quantitative estimate of drug-likeness (QED) is 0.185. The van der Waals surface area contributed by atoms with Crippen molar-refractivity contribution in [3.63, 3.8) is 0 Å². The van der Waals surface area contributed by atoms with Gasteiger partial charge >= 0.3 is 0 Å². The molecule has 0 fully saturated rings. The Morgan fingerprint density at radius 2 is 1.38 bits per heavy atom. The van der Waals surface area contributed by atoms with Crippen molar-refractivity contribution in [2.75, 3.05) is 35.2 Å². The number of rotatable bonds is 10. The maximum atomic E-state index is 7.54. The van der Waals surface area contributed by atoms with E-state index < -0.39 is 8.32 Å². The fraction of sp³-hybridized carbons (Fsp3) is 0.438. The minimum Gasteiger partial charge on any atom is -0.493 e. The van der Waals surface area contributed by atoms with Crippen LogP contribution in [0.25, 0.3) is 0 Å². The predicted molar refractivity (Wildman–Crippen MR) is 157 cm³/mol. The summed E-state index contributed by atoms with van der Waals surface area (Å²) in [5, 5.41) is 2.41. The molecule has 6 nitrogen and oxygen atoms in total. The van der Waals surface area contributed by atoms with Crippen LogP contribution in [0.1, 0.15) is 50.8 Å². The van der Waals surface area contributed by atoms with Gasteiger partial charge < -0.3 is 28.1 Å². The molecule has 2 atom stereocenters. The van der Waals surface area contributed by atoms with Crippen molar-refractivity contribution < 1.29 is 28.1 Å². The SMILES string of the molecule is COCOC1C[C@H](O[Si](c2ccccc2)(c2ccccc2)C(C)(C)C)CCc2c1cc(OC)c(OC)c2OC. The molecule has 0 heterocycles. The Morgan fingerprint density at radius 3 is 1.87 bits per heavy atom. The van der Waals surface area contributed by atoms with Gasteiger partial charge in [0, 0.05) is 25.2 Å². The first-order valence-electron chi connectivity index (χ1n) is 13.5. The molecule has 0 aromatic heterocycles. The highest BCUT2D eigenvalue weighted by molar-refractivity contribution is 6.99. The zero-order valence-electron chi connectivity index (χ0n) is 24.3. The van der Waals surface area contributed by atoms with Crippen molar-refractivity contribution in [1.82, 2.24) is 0 Å². The lowest BCUT2D eigenvalue weighted by molar-refractivity contribution is -0.0842. The maximum Gasteiger partial charge on any atom is 0.261 e. The van der Waals surface area contributed by atoms with Crippen LogP contribution in [0.3, 0.4) is 0 Å². The molecule has 0 saturated heterocycles. The molecule has 210 valence electrons. The smallest absolute Gasteiger partial charge is 0.261 e. The van der Waals surface area contributed by atoms with E-state index in [0.717, 1.165) is 24.0 Å². The third kappa shape index (κ3) is 5.73. The Kier molecular flexibility index (Phi) is 9.38. The first kappa shape index (κ1) is 29.1. The van der Waals surface area contributed by atoms with Crippen molar-refractivity contribution in [3.05, 3.63) is 77.9 Å². The average molecular weight is 551 g/mol. The van der Waals surface area contributed by atoms with Crippen molar-refractivity contribution in [1.29, 1.82) is 0 Å². The second-order valence-electron chi connectivity index (χ2n) is 11.0. The van der Waals surface area contributed by atoms with Crippen LogP contribution >= 0.6 is 0 Å². The molecule has 0 aliphatic heterocycles. The van der Waals surface area contributed by atoms with Crippen molar-refractivity contribution >= 4 is 18.7 Å². The Labute approximate surface area is 234 Å². The molecule has 1 aliphatic rings. The molecule has 3 aromatic carbocycles. The van der Waals surface area contributed by atoms with Gasteiger partial charge in [-0.1, -0.05) is 81.4 Å². The summed E-state index contributed by atoms with van der Waals surface area (Å²) in [6, 6.07) is 23.5. The highest BCUT2D eigenvalue weighted by Crippen LogP contribution is 2.48. The summed E-state index contributed by atoms with van der Waals surface area (Å²) in [6.45, 7) is 7.10. The highest BCUT2D eigenvalue weighted by Gasteiger charge is 2.52. The molecule has 1 aliphatic carbocycles. The molecule has 3 aromatic rings. The fourth-order valence-corrected chi connectivity index (χ4v) is 10.7. The highest BCUT2D eigenvalue weighted by atomic mass is 28.4.